The Bertz CT molecular complexity index is 941. The molecule has 0 bridgehead atoms. The molecule has 2 aromatic rings. The number of amides is 3. The van der Waals surface area contributed by atoms with Gasteiger partial charge in [0.2, 0.25) is 0 Å². The summed E-state index contributed by atoms with van der Waals surface area (Å²) >= 11 is 12.1. The third-order valence-corrected chi connectivity index (χ3v) is 5.35. The molecular weight excluding hydrogens is 403 g/mol. The fourth-order valence-electron chi connectivity index (χ4n) is 3.20. The van der Waals surface area contributed by atoms with Crippen LogP contribution in [0.3, 0.4) is 0 Å². The summed E-state index contributed by atoms with van der Waals surface area (Å²) in [7, 11) is 2.89. The summed E-state index contributed by atoms with van der Waals surface area (Å²) in [5.74, 6) is -0.818. The summed E-state index contributed by atoms with van der Waals surface area (Å²) in [5.41, 5.74) is 0.436. The Balaban J connectivity index is 1.91. The third-order valence-electron chi connectivity index (χ3n) is 4.91. The molecule has 1 heterocycles. The Labute approximate surface area is 172 Å². The molecule has 8 heteroatoms. The van der Waals surface area contributed by atoms with Crippen LogP contribution in [0, 0.1) is 0 Å². The first-order valence-electron chi connectivity index (χ1n) is 8.43. The smallest absolute Gasteiger partial charge is 0.337 e. The highest BCUT2D eigenvalue weighted by Crippen LogP contribution is 2.35. The van der Waals surface area contributed by atoms with Gasteiger partial charge in [0.1, 0.15) is 5.54 Å². The number of rotatable bonds is 4. The molecule has 0 aliphatic carbocycles. The fraction of sp³-hybridized carbons (Fsp3) is 0.250. The van der Waals surface area contributed by atoms with Crippen molar-refractivity contribution in [1.29, 1.82) is 0 Å². The zero-order valence-electron chi connectivity index (χ0n) is 15.5. The maximum Gasteiger partial charge on any atom is 0.337 e. The molecule has 3 amide bonds. The fourth-order valence-corrected chi connectivity index (χ4v) is 3.71. The zero-order valence-corrected chi connectivity index (χ0v) is 17.0. The van der Waals surface area contributed by atoms with Gasteiger partial charge < -0.3 is 9.64 Å². The first-order chi connectivity index (χ1) is 13.2. The zero-order chi connectivity index (χ0) is 20.6. The number of hydrogen-bond acceptors (Lipinski definition) is 4. The topological polar surface area (TPSA) is 66.9 Å². The predicted molar refractivity (Wildman–Crippen MR) is 107 cm³/mol. The number of ether oxygens (including phenoxy) is 1. The van der Waals surface area contributed by atoms with Crippen molar-refractivity contribution in [2.24, 2.45) is 0 Å². The highest BCUT2D eigenvalue weighted by molar-refractivity contribution is 6.35. The van der Waals surface area contributed by atoms with Gasteiger partial charge in [-0.25, -0.2) is 14.5 Å². The van der Waals surface area contributed by atoms with Crippen LogP contribution in [0.1, 0.15) is 22.8 Å². The Kier molecular flexibility index (Phi) is 5.37. The number of halogens is 2. The molecule has 6 nitrogen and oxygen atoms in total. The van der Waals surface area contributed by atoms with Crippen LogP contribution in [0.2, 0.25) is 10.0 Å². The number of imide groups is 1. The van der Waals surface area contributed by atoms with Gasteiger partial charge in [0.15, 0.2) is 0 Å². The van der Waals surface area contributed by atoms with E-state index in [0.717, 1.165) is 10.5 Å². The van der Waals surface area contributed by atoms with Crippen molar-refractivity contribution < 1.29 is 19.1 Å². The van der Waals surface area contributed by atoms with Crippen LogP contribution in [0.25, 0.3) is 0 Å². The summed E-state index contributed by atoms with van der Waals surface area (Å²) in [4.78, 5) is 40.1. The van der Waals surface area contributed by atoms with E-state index in [2.05, 4.69) is 4.74 Å². The van der Waals surface area contributed by atoms with Crippen LogP contribution in [-0.4, -0.2) is 42.5 Å². The minimum absolute atomic E-state index is 0.278. The lowest BCUT2D eigenvalue weighted by Gasteiger charge is -2.28. The molecule has 1 fully saturated rings. The van der Waals surface area contributed by atoms with Crippen molar-refractivity contribution in [3.8, 4) is 0 Å². The molecule has 2 aromatic carbocycles. The number of methoxy groups -OCH3 is 1. The van der Waals surface area contributed by atoms with E-state index < -0.39 is 17.5 Å². The maximum absolute atomic E-state index is 13.2. The number of hydrogen-bond donors (Lipinski definition) is 0. The first kappa shape index (κ1) is 20.2. The predicted octanol–water partition coefficient (Wildman–Crippen LogP) is 4.18. The molecule has 1 atom stereocenters. The third kappa shape index (κ3) is 3.45. The van der Waals surface area contributed by atoms with E-state index >= 15 is 0 Å². The van der Waals surface area contributed by atoms with Gasteiger partial charge >= 0.3 is 12.0 Å². The molecule has 146 valence electrons. The minimum Gasteiger partial charge on any atom is -0.465 e. The van der Waals surface area contributed by atoms with Crippen molar-refractivity contribution in [2.45, 2.75) is 18.9 Å². The van der Waals surface area contributed by atoms with Gasteiger partial charge in [-0.2, -0.15) is 0 Å². The van der Waals surface area contributed by atoms with Gasteiger partial charge in [0.25, 0.3) is 5.91 Å². The average molecular weight is 421 g/mol. The number of anilines is 1. The quantitative estimate of drug-likeness (QED) is 0.549. The van der Waals surface area contributed by atoms with Crippen LogP contribution >= 0.6 is 23.2 Å². The number of likely N-dealkylation sites (N-methyl/N-ethyl adjacent to an activating group) is 1. The van der Waals surface area contributed by atoms with Crippen LogP contribution in [0.4, 0.5) is 10.5 Å². The van der Waals surface area contributed by atoms with Gasteiger partial charge in [-0.05, 0) is 42.8 Å². The van der Waals surface area contributed by atoms with Crippen molar-refractivity contribution >= 4 is 46.8 Å². The second kappa shape index (κ2) is 7.45. The van der Waals surface area contributed by atoms with E-state index in [1.807, 2.05) is 0 Å². The van der Waals surface area contributed by atoms with E-state index in [0.29, 0.717) is 21.3 Å². The van der Waals surface area contributed by atoms with E-state index in [1.54, 1.807) is 38.2 Å². The van der Waals surface area contributed by atoms with Crippen molar-refractivity contribution in [1.82, 2.24) is 4.90 Å². The molecule has 3 rings (SSSR count). The molecule has 1 aliphatic rings. The number of nitrogens with zero attached hydrogens (tertiary/aromatic N) is 2. The summed E-state index contributed by atoms with van der Waals surface area (Å²) in [6.07, 6.45) is 0.278. The molecule has 0 spiro atoms. The number of carbonyl (C=O) groups is 3. The second-order valence-corrected chi connectivity index (χ2v) is 7.62. The lowest BCUT2D eigenvalue weighted by Crippen LogP contribution is -2.47. The van der Waals surface area contributed by atoms with Crippen LogP contribution in [0.15, 0.2) is 42.5 Å². The van der Waals surface area contributed by atoms with Crippen molar-refractivity contribution in [3.05, 3.63) is 63.6 Å². The molecule has 0 N–H and O–H groups in total. The van der Waals surface area contributed by atoms with E-state index in [9.17, 15) is 14.4 Å². The highest BCUT2D eigenvalue weighted by Gasteiger charge is 2.53. The van der Waals surface area contributed by atoms with Crippen LogP contribution in [-0.2, 0) is 16.0 Å². The van der Waals surface area contributed by atoms with Gasteiger partial charge in [-0.3, -0.25) is 4.79 Å². The minimum atomic E-state index is -1.10. The molecule has 1 unspecified atom stereocenters. The molecule has 28 heavy (non-hydrogen) atoms. The summed E-state index contributed by atoms with van der Waals surface area (Å²) in [6.45, 7) is 1.70. The normalized spacial score (nSPS) is 19.3. The van der Waals surface area contributed by atoms with Crippen molar-refractivity contribution in [2.75, 3.05) is 19.1 Å². The standard InChI is InChI=1S/C20H18Cl2N2O4/c1-20(11-12-4-6-13(7-5-12)17(25)28-3)18(26)24(19(27)23(20)2)16-9-14(21)8-15(22)10-16/h4-10H,11H2,1-3H3. The number of carbonyl (C=O) groups excluding carboxylic acids is 3. The van der Waals surface area contributed by atoms with E-state index in [-0.39, 0.29) is 12.3 Å². The lowest BCUT2D eigenvalue weighted by molar-refractivity contribution is -0.123. The van der Waals surface area contributed by atoms with Crippen molar-refractivity contribution in [3.63, 3.8) is 0 Å². The molecule has 0 aromatic heterocycles. The largest absolute Gasteiger partial charge is 0.465 e. The van der Waals surface area contributed by atoms with Gasteiger partial charge in [0, 0.05) is 23.5 Å². The van der Waals surface area contributed by atoms with Crippen LogP contribution < -0.4 is 4.90 Å². The number of esters is 1. The summed E-state index contributed by atoms with van der Waals surface area (Å²) in [6, 6.07) is 10.8. The number of urea groups is 1. The maximum atomic E-state index is 13.2. The molecule has 0 saturated carbocycles. The monoisotopic (exact) mass is 420 g/mol. The second-order valence-electron chi connectivity index (χ2n) is 6.75. The molecule has 1 aliphatic heterocycles. The van der Waals surface area contributed by atoms with Gasteiger partial charge in [0.05, 0.1) is 18.4 Å². The Morgan fingerprint density at radius 2 is 1.64 bits per heavy atom. The summed E-state index contributed by atoms with van der Waals surface area (Å²) < 4.78 is 4.69. The van der Waals surface area contributed by atoms with E-state index in [4.69, 9.17) is 23.2 Å². The first-order valence-corrected chi connectivity index (χ1v) is 9.18. The van der Waals surface area contributed by atoms with Gasteiger partial charge in [-0.1, -0.05) is 35.3 Å². The summed E-state index contributed by atoms with van der Waals surface area (Å²) in [5, 5.41) is 0.663. The Morgan fingerprint density at radius 3 is 2.18 bits per heavy atom. The van der Waals surface area contributed by atoms with Gasteiger partial charge in [-0.15, -0.1) is 0 Å². The number of benzene rings is 2. The molecule has 0 radical (unpaired) electrons. The lowest BCUT2D eigenvalue weighted by atomic mass is 9.91. The Morgan fingerprint density at radius 1 is 1.07 bits per heavy atom. The molecule has 1 saturated heterocycles. The van der Waals surface area contributed by atoms with Crippen LogP contribution in [0.5, 0.6) is 0 Å². The SMILES string of the molecule is COC(=O)c1ccc(CC2(C)C(=O)N(c3cc(Cl)cc(Cl)c3)C(=O)N2C)cc1. The molecular formula is C20H18Cl2N2O4. The Hall–Kier alpha value is -2.57. The average Bonchev–Trinajstić information content (AvgIpc) is 2.81. The highest BCUT2D eigenvalue weighted by atomic mass is 35.5. The van der Waals surface area contributed by atoms with E-state index in [1.165, 1.54) is 30.2 Å².